The van der Waals surface area contributed by atoms with E-state index in [0.29, 0.717) is 11.8 Å². The molecule has 1 saturated heterocycles. The van der Waals surface area contributed by atoms with Crippen molar-refractivity contribution in [3.63, 3.8) is 0 Å². The van der Waals surface area contributed by atoms with Crippen LogP contribution in [0, 0.1) is 20.2 Å². The third-order valence-corrected chi connectivity index (χ3v) is 4.93. The first-order valence-electron chi connectivity index (χ1n) is 8.32. The highest BCUT2D eigenvalue weighted by Crippen LogP contribution is 2.37. The van der Waals surface area contributed by atoms with E-state index in [1.54, 1.807) is 12.1 Å². The van der Waals surface area contributed by atoms with E-state index in [4.69, 9.17) is 0 Å². The summed E-state index contributed by atoms with van der Waals surface area (Å²) in [5.74, 6) is -1.30. The number of amides is 1. The number of thioether (sulfide) groups is 1. The summed E-state index contributed by atoms with van der Waals surface area (Å²) in [7, 11) is 0. The van der Waals surface area contributed by atoms with Gasteiger partial charge in [-0.05, 0) is 42.0 Å². The van der Waals surface area contributed by atoms with Crippen LogP contribution in [0.15, 0.2) is 46.3 Å². The average molecular weight is 414 g/mol. The zero-order valence-corrected chi connectivity index (χ0v) is 15.8. The summed E-state index contributed by atoms with van der Waals surface area (Å²) >= 11 is 0.955. The number of nitro benzene ring substituents is 2. The fraction of sp³-hybridized carbons (Fsp3) is 0.111. The van der Waals surface area contributed by atoms with Gasteiger partial charge in [0.25, 0.3) is 11.6 Å². The maximum absolute atomic E-state index is 12.2. The number of carbonyl (C=O) groups is 1. The van der Waals surface area contributed by atoms with Crippen molar-refractivity contribution in [1.29, 1.82) is 0 Å². The highest BCUT2D eigenvalue weighted by Gasteiger charge is 2.27. The van der Waals surface area contributed by atoms with E-state index in [-0.39, 0.29) is 15.6 Å². The molecule has 0 atom stereocenters. The Kier molecular flexibility index (Phi) is 5.59. The van der Waals surface area contributed by atoms with Gasteiger partial charge in [-0.25, -0.2) is 4.99 Å². The second kappa shape index (κ2) is 8.10. The number of carbonyl (C=O) groups excluding carboxylic acids is 1. The molecule has 0 aromatic heterocycles. The van der Waals surface area contributed by atoms with Crippen LogP contribution >= 0.6 is 11.8 Å². The average Bonchev–Trinajstić information content (AvgIpc) is 3.02. The number of nitrogens with one attached hydrogen (secondary N) is 1. The lowest BCUT2D eigenvalue weighted by Crippen LogP contribution is -2.19. The minimum Gasteiger partial charge on any atom is -0.502 e. The van der Waals surface area contributed by atoms with Crippen molar-refractivity contribution in [2.75, 3.05) is 0 Å². The van der Waals surface area contributed by atoms with E-state index in [1.807, 2.05) is 19.1 Å². The van der Waals surface area contributed by atoms with E-state index in [1.165, 1.54) is 0 Å². The van der Waals surface area contributed by atoms with Gasteiger partial charge in [0.05, 0.1) is 26.5 Å². The van der Waals surface area contributed by atoms with Gasteiger partial charge in [0.1, 0.15) is 0 Å². The first kappa shape index (κ1) is 20.0. The number of hydrogen-bond acceptors (Lipinski definition) is 8. The van der Waals surface area contributed by atoms with Crippen LogP contribution in [-0.2, 0) is 11.2 Å². The molecule has 0 saturated carbocycles. The molecule has 0 spiro atoms. The summed E-state index contributed by atoms with van der Waals surface area (Å²) < 4.78 is 0. The molecule has 10 nitrogen and oxygen atoms in total. The molecule has 29 heavy (non-hydrogen) atoms. The molecule has 148 valence electrons. The van der Waals surface area contributed by atoms with Gasteiger partial charge >= 0.3 is 5.69 Å². The second-order valence-electron chi connectivity index (χ2n) is 5.92. The van der Waals surface area contributed by atoms with Gasteiger partial charge in [0, 0.05) is 11.6 Å². The van der Waals surface area contributed by atoms with Crippen molar-refractivity contribution in [2.24, 2.45) is 4.99 Å². The molecule has 3 rings (SSSR count). The molecular formula is C18H14N4O6S. The molecule has 1 amide bonds. The predicted molar refractivity (Wildman–Crippen MR) is 108 cm³/mol. The van der Waals surface area contributed by atoms with Gasteiger partial charge in [0.15, 0.2) is 5.17 Å². The van der Waals surface area contributed by atoms with Crippen LogP contribution in [0.25, 0.3) is 6.08 Å². The number of benzene rings is 2. The Morgan fingerprint density at radius 3 is 2.45 bits per heavy atom. The zero-order valence-electron chi connectivity index (χ0n) is 15.0. The zero-order chi connectivity index (χ0) is 21.1. The topological polar surface area (TPSA) is 148 Å². The molecule has 1 heterocycles. The number of rotatable bonds is 5. The van der Waals surface area contributed by atoms with Crippen molar-refractivity contribution in [1.82, 2.24) is 5.32 Å². The molecule has 0 unspecified atom stereocenters. The number of hydrogen-bond donors (Lipinski definition) is 2. The summed E-state index contributed by atoms with van der Waals surface area (Å²) in [6.45, 7) is 2.03. The summed E-state index contributed by atoms with van der Waals surface area (Å²) in [4.78, 5) is 36.9. The molecule has 2 aromatic carbocycles. The van der Waals surface area contributed by atoms with Crippen LogP contribution in [0.4, 0.5) is 17.1 Å². The molecule has 2 aromatic rings. The van der Waals surface area contributed by atoms with Gasteiger partial charge in [-0.3, -0.25) is 25.0 Å². The third-order valence-electron chi connectivity index (χ3n) is 4.02. The van der Waals surface area contributed by atoms with Gasteiger partial charge in [-0.2, -0.15) is 0 Å². The molecule has 0 aliphatic carbocycles. The van der Waals surface area contributed by atoms with Crippen LogP contribution in [0.3, 0.4) is 0 Å². The van der Waals surface area contributed by atoms with Crippen LogP contribution < -0.4 is 5.32 Å². The minimum atomic E-state index is -0.931. The number of non-ortho nitro benzene ring substituents is 1. The Balaban J connectivity index is 1.94. The van der Waals surface area contributed by atoms with E-state index in [2.05, 4.69) is 10.3 Å². The molecule has 0 radical (unpaired) electrons. The molecule has 2 N–H and O–H groups in total. The highest BCUT2D eigenvalue weighted by atomic mass is 32.2. The number of phenolic OH excluding ortho intramolecular Hbond substituents is 1. The lowest BCUT2D eigenvalue weighted by molar-refractivity contribution is -0.394. The molecule has 0 bridgehead atoms. The largest absolute Gasteiger partial charge is 0.502 e. The van der Waals surface area contributed by atoms with Crippen LogP contribution in [0.5, 0.6) is 5.75 Å². The standard InChI is InChI=1S/C18H14N4O6S/c1-2-10-3-5-12(6-4-10)19-18-20-17(24)15(29-18)8-11-7-13(21(25)26)9-14(16(11)23)22(27)28/h3-9,23H,2H2,1H3,(H,19,20,24)/b15-8-. The number of aliphatic imine (C=N–C) groups is 1. The summed E-state index contributed by atoms with van der Waals surface area (Å²) in [6.07, 6.45) is 2.03. The van der Waals surface area contributed by atoms with E-state index in [9.17, 15) is 30.1 Å². The minimum absolute atomic E-state index is 0.0824. The Morgan fingerprint density at radius 1 is 1.17 bits per heavy atom. The lowest BCUT2D eigenvalue weighted by Gasteiger charge is -2.02. The maximum Gasteiger partial charge on any atom is 0.318 e. The first-order chi connectivity index (χ1) is 13.8. The van der Waals surface area contributed by atoms with Gasteiger partial charge in [0.2, 0.25) is 5.75 Å². The van der Waals surface area contributed by atoms with Crippen LogP contribution in [-0.4, -0.2) is 26.0 Å². The molecule has 1 fully saturated rings. The first-order valence-corrected chi connectivity index (χ1v) is 9.14. The number of aromatic hydroxyl groups is 1. The Bertz CT molecular complexity index is 1080. The van der Waals surface area contributed by atoms with Gasteiger partial charge in [-0.1, -0.05) is 19.1 Å². The number of amidine groups is 1. The normalized spacial score (nSPS) is 16.2. The summed E-state index contributed by atoms with van der Waals surface area (Å²) in [5, 5.41) is 35.0. The SMILES string of the molecule is CCc1ccc(N=C2NC(=O)/C(=C/c3cc([N+](=O)[O-])cc([N+](=O)[O-])c3O)S2)cc1. The molecule has 11 heteroatoms. The van der Waals surface area contributed by atoms with Gasteiger partial charge in [-0.15, -0.1) is 0 Å². The predicted octanol–water partition coefficient (Wildman–Crippen LogP) is 3.66. The Hall–Kier alpha value is -3.73. The number of phenols is 1. The van der Waals surface area contributed by atoms with Crippen molar-refractivity contribution >= 4 is 46.0 Å². The maximum atomic E-state index is 12.2. The van der Waals surface area contributed by atoms with E-state index >= 15 is 0 Å². The Morgan fingerprint density at radius 2 is 1.86 bits per heavy atom. The molecule has 1 aliphatic rings. The molecule has 1 aliphatic heterocycles. The smallest absolute Gasteiger partial charge is 0.318 e. The summed E-state index contributed by atoms with van der Waals surface area (Å²) in [5.41, 5.74) is 0.159. The number of nitro groups is 2. The second-order valence-corrected chi connectivity index (χ2v) is 6.95. The van der Waals surface area contributed by atoms with E-state index < -0.39 is 32.9 Å². The van der Waals surface area contributed by atoms with Crippen molar-refractivity contribution in [3.8, 4) is 5.75 Å². The quantitative estimate of drug-likeness (QED) is 0.431. The molecular weight excluding hydrogens is 400 g/mol. The highest BCUT2D eigenvalue weighted by molar-refractivity contribution is 8.18. The number of nitrogens with zero attached hydrogens (tertiary/aromatic N) is 3. The Labute approximate surface area is 168 Å². The van der Waals surface area contributed by atoms with E-state index in [0.717, 1.165) is 35.9 Å². The lowest BCUT2D eigenvalue weighted by atomic mass is 10.1. The van der Waals surface area contributed by atoms with Crippen molar-refractivity contribution in [3.05, 3.63) is 72.7 Å². The fourth-order valence-corrected chi connectivity index (χ4v) is 3.36. The third kappa shape index (κ3) is 4.41. The van der Waals surface area contributed by atoms with Gasteiger partial charge < -0.3 is 10.4 Å². The van der Waals surface area contributed by atoms with Crippen molar-refractivity contribution < 1.29 is 19.7 Å². The monoisotopic (exact) mass is 414 g/mol. The number of aryl methyl sites for hydroxylation is 1. The fourth-order valence-electron chi connectivity index (χ4n) is 2.53. The summed E-state index contributed by atoms with van der Waals surface area (Å²) in [6, 6.07) is 9.05. The van der Waals surface area contributed by atoms with Crippen molar-refractivity contribution in [2.45, 2.75) is 13.3 Å². The van der Waals surface area contributed by atoms with Crippen LogP contribution in [0.2, 0.25) is 0 Å². The van der Waals surface area contributed by atoms with Crippen LogP contribution in [0.1, 0.15) is 18.1 Å².